The van der Waals surface area contributed by atoms with Crippen LogP contribution in [-0.4, -0.2) is 49.4 Å². The number of nitrogens with one attached hydrogen (secondary N) is 2. The summed E-state index contributed by atoms with van der Waals surface area (Å²) in [5.74, 6) is 0.0670. The van der Waals surface area contributed by atoms with Gasteiger partial charge in [0.15, 0.2) is 0 Å². The number of rotatable bonds is 7. The first-order valence-electron chi connectivity index (χ1n) is 6.60. The molecule has 1 aliphatic rings. The Morgan fingerprint density at radius 2 is 1.94 bits per heavy atom. The van der Waals surface area contributed by atoms with E-state index in [1.165, 1.54) is 6.42 Å². The number of nitrogens with zero attached hydrogens (tertiary/aromatic N) is 1. The van der Waals surface area contributed by atoms with Crippen LogP contribution in [0.3, 0.4) is 0 Å². The summed E-state index contributed by atoms with van der Waals surface area (Å²) in [7, 11) is 0. The van der Waals surface area contributed by atoms with Crippen LogP contribution in [0.2, 0.25) is 0 Å². The van der Waals surface area contributed by atoms with Crippen LogP contribution in [0.1, 0.15) is 25.7 Å². The maximum absolute atomic E-state index is 11.8. The molecule has 2 amide bonds. The van der Waals surface area contributed by atoms with Crippen LogP contribution in [0.15, 0.2) is 12.7 Å². The van der Waals surface area contributed by atoms with Crippen LogP contribution in [0.5, 0.6) is 0 Å². The van der Waals surface area contributed by atoms with Gasteiger partial charge in [0.1, 0.15) is 0 Å². The molecular weight excluding hydrogens is 230 g/mol. The Hall–Kier alpha value is -1.36. The molecule has 0 aliphatic carbocycles. The molecule has 1 heterocycles. The summed E-state index contributed by atoms with van der Waals surface area (Å²) >= 11 is 0. The largest absolute Gasteiger partial charge is 0.354 e. The second kappa shape index (κ2) is 8.69. The van der Waals surface area contributed by atoms with Crippen LogP contribution < -0.4 is 10.6 Å². The van der Waals surface area contributed by atoms with Gasteiger partial charge in [0, 0.05) is 32.6 Å². The zero-order chi connectivity index (χ0) is 13.2. The van der Waals surface area contributed by atoms with Crippen molar-refractivity contribution in [2.24, 2.45) is 0 Å². The minimum Gasteiger partial charge on any atom is -0.354 e. The van der Waals surface area contributed by atoms with E-state index >= 15 is 0 Å². The molecule has 102 valence electrons. The van der Waals surface area contributed by atoms with E-state index in [0.29, 0.717) is 19.5 Å². The number of carbonyl (C=O) groups is 2. The van der Waals surface area contributed by atoms with E-state index in [1.807, 2.05) is 4.90 Å². The van der Waals surface area contributed by atoms with Crippen molar-refractivity contribution in [1.29, 1.82) is 0 Å². The van der Waals surface area contributed by atoms with Crippen LogP contribution >= 0.6 is 0 Å². The lowest BCUT2D eigenvalue weighted by Crippen LogP contribution is -2.39. The van der Waals surface area contributed by atoms with E-state index in [0.717, 1.165) is 25.9 Å². The second-order valence-corrected chi connectivity index (χ2v) is 4.46. The van der Waals surface area contributed by atoms with Crippen LogP contribution in [0.25, 0.3) is 0 Å². The zero-order valence-electron chi connectivity index (χ0n) is 10.9. The van der Waals surface area contributed by atoms with E-state index in [9.17, 15) is 9.59 Å². The topological polar surface area (TPSA) is 61.4 Å². The fourth-order valence-corrected chi connectivity index (χ4v) is 1.96. The Balaban J connectivity index is 2.07. The first-order chi connectivity index (χ1) is 8.74. The lowest BCUT2D eigenvalue weighted by atomic mass is 10.1. The van der Waals surface area contributed by atoms with Gasteiger partial charge in [-0.2, -0.15) is 0 Å². The predicted octanol–water partition coefficient (Wildman–Crippen LogP) is 0.281. The van der Waals surface area contributed by atoms with Crippen molar-refractivity contribution in [3.05, 3.63) is 12.7 Å². The maximum Gasteiger partial charge on any atom is 0.233 e. The maximum atomic E-state index is 11.8. The molecule has 5 nitrogen and oxygen atoms in total. The first kappa shape index (κ1) is 14.7. The van der Waals surface area contributed by atoms with Gasteiger partial charge in [0.05, 0.1) is 6.54 Å². The Bertz CT molecular complexity index is 286. The van der Waals surface area contributed by atoms with Gasteiger partial charge in [0.2, 0.25) is 11.8 Å². The molecule has 5 heteroatoms. The molecule has 1 aliphatic heterocycles. The van der Waals surface area contributed by atoms with Crippen molar-refractivity contribution >= 4 is 11.8 Å². The highest BCUT2D eigenvalue weighted by Gasteiger charge is 2.15. The Labute approximate surface area is 109 Å². The highest BCUT2D eigenvalue weighted by atomic mass is 16.2. The molecule has 0 unspecified atom stereocenters. The zero-order valence-corrected chi connectivity index (χ0v) is 10.9. The van der Waals surface area contributed by atoms with Crippen molar-refractivity contribution in [2.75, 3.05) is 32.7 Å². The molecule has 0 saturated carbocycles. The van der Waals surface area contributed by atoms with Crippen molar-refractivity contribution < 1.29 is 9.59 Å². The number of piperidine rings is 1. The van der Waals surface area contributed by atoms with Crippen molar-refractivity contribution in [3.8, 4) is 0 Å². The molecule has 1 fully saturated rings. The molecule has 0 bridgehead atoms. The third kappa shape index (κ3) is 5.82. The average molecular weight is 253 g/mol. The fraction of sp³-hybridized carbons (Fsp3) is 0.692. The molecular formula is C13H23N3O2. The van der Waals surface area contributed by atoms with E-state index < -0.39 is 0 Å². The average Bonchev–Trinajstić information content (AvgIpc) is 2.40. The SMILES string of the molecule is C=CCNCC(=O)NCCC(=O)N1CCCCC1. The Morgan fingerprint density at radius 3 is 2.61 bits per heavy atom. The molecule has 0 atom stereocenters. The van der Waals surface area contributed by atoms with Gasteiger partial charge in [-0.05, 0) is 19.3 Å². The second-order valence-electron chi connectivity index (χ2n) is 4.46. The fourth-order valence-electron chi connectivity index (χ4n) is 1.96. The van der Waals surface area contributed by atoms with Gasteiger partial charge >= 0.3 is 0 Å². The number of amides is 2. The molecule has 1 saturated heterocycles. The summed E-state index contributed by atoms with van der Waals surface area (Å²) < 4.78 is 0. The van der Waals surface area contributed by atoms with Crippen LogP contribution in [0.4, 0.5) is 0 Å². The third-order valence-corrected chi connectivity index (χ3v) is 2.94. The van der Waals surface area contributed by atoms with Gasteiger partial charge in [-0.1, -0.05) is 6.08 Å². The summed E-state index contributed by atoms with van der Waals surface area (Å²) in [6.07, 6.45) is 5.52. The monoisotopic (exact) mass is 253 g/mol. The summed E-state index contributed by atoms with van der Waals surface area (Å²) in [6.45, 7) is 6.59. The standard InChI is InChI=1S/C13H23N3O2/c1-2-7-14-11-12(17)15-8-6-13(18)16-9-4-3-5-10-16/h2,14H,1,3-11H2,(H,15,17). The number of hydrogen-bond donors (Lipinski definition) is 2. The van der Waals surface area contributed by atoms with Crippen molar-refractivity contribution in [2.45, 2.75) is 25.7 Å². The lowest BCUT2D eigenvalue weighted by molar-refractivity contribution is -0.132. The predicted molar refractivity (Wildman–Crippen MR) is 71.1 cm³/mol. The van der Waals surface area contributed by atoms with Crippen molar-refractivity contribution in [1.82, 2.24) is 15.5 Å². The summed E-state index contributed by atoms with van der Waals surface area (Å²) in [6, 6.07) is 0. The minimum atomic E-state index is -0.0803. The number of carbonyl (C=O) groups excluding carboxylic acids is 2. The van der Waals surface area contributed by atoms with Gasteiger partial charge in [0.25, 0.3) is 0 Å². The van der Waals surface area contributed by atoms with Gasteiger partial charge in [-0.15, -0.1) is 6.58 Å². The van der Waals surface area contributed by atoms with E-state index in [-0.39, 0.29) is 18.4 Å². The van der Waals surface area contributed by atoms with Crippen LogP contribution in [0, 0.1) is 0 Å². The molecule has 0 aromatic rings. The highest BCUT2D eigenvalue weighted by Crippen LogP contribution is 2.09. The van der Waals surface area contributed by atoms with Gasteiger partial charge in [-0.3, -0.25) is 9.59 Å². The summed E-state index contributed by atoms with van der Waals surface area (Å²) in [5.41, 5.74) is 0. The number of hydrogen-bond acceptors (Lipinski definition) is 3. The van der Waals surface area contributed by atoms with E-state index in [1.54, 1.807) is 6.08 Å². The van der Waals surface area contributed by atoms with E-state index in [2.05, 4.69) is 17.2 Å². The minimum absolute atomic E-state index is 0.0803. The van der Waals surface area contributed by atoms with E-state index in [4.69, 9.17) is 0 Å². The lowest BCUT2D eigenvalue weighted by Gasteiger charge is -2.26. The smallest absolute Gasteiger partial charge is 0.233 e. The van der Waals surface area contributed by atoms with Crippen LogP contribution in [-0.2, 0) is 9.59 Å². The molecule has 0 spiro atoms. The molecule has 2 N–H and O–H groups in total. The van der Waals surface area contributed by atoms with Crippen molar-refractivity contribution in [3.63, 3.8) is 0 Å². The normalized spacial score (nSPS) is 15.2. The quantitative estimate of drug-likeness (QED) is 0.506. The summed E-state index contributed by atoms with van der Waals surface area (Å²) in [5, 5.41) is 5.64. The number of likely N-dealkylation sites (tertiary alicyclic amines) is 1. The molecule has 0 aromatic carbocycles. The Kier molecular flexibility index (Phi) is 7.10. The third-order valence-electron chi connectivity index (χ3n) is 2.94. The van der Waals surface area contributed by atoms with Gasteiger partial charge < -0.3 is 15.5 Å². The molecule has 1 rings (SSSR count). The molecule has 18 heavy (non-hydrogen) atoms. The first-order valence-corrected chi connectivity index (χ1v) is 6.60. The van der Waals surface area contributed by atoms with Gasteiger partial charge in [-0.25, -0.2) is 0 Å². The molecule has 0 aromatic heterocycles. The Morgan fingerprint density at radius 1 is 1.22 bits per heavy atom. The molecule has 0 radical (unpaired) electrons. The highest BCUT2D eigenvalue weighted by molar-refractivity contribution is 5.80. The summed E-state index contributed by atoms with van der Waals surface area (Å²) in [4.78, 5) is 25.0.